The van der Waals surface area contributed by atoms with Crippen molar-refractivity contribution >= 4 is 6.21 Å². The lowest BCUT2D eigenvalue weighted by atomic mass is 10.0. The van der Waals surface area contributed by atoms with Gasteiger partial charge in [0, 0.05) is 17.9 Å². The maximum Gasteiger partial charge on any atom is 0.102 e. The third kappa shape index (κ3) is 1.92. The molecule has 3 heteroatoms. The number of aliphatic imine (C=N–C) groups is 1. The molecule has 0 saturated heterocycles. The average molecular weight is 243 g/mol. The molecule has 2 aliphatic carbocycles. The minimum atomic E-state index is 0.665. The van der Waals surface area contributed by atoms with Gasteiger partial charge in [-0.05, 0) is 31.6 Å². The van der Waals surface area contributed by atoms with Crippen LogP contribution in [-0.2, 0) is 0 Å². The van der Waals surface area contributed by atoms with Crippen LogP contribution >= 0.6 is 0 Å². The molecule has 0 spiro atoms. The molecule has 3 atom stereocenters. The van der Waals surface area contributed by atoms with E-state index in [1.807, 2.05) is 6.33 Å². The fraction of sp³-hybridized carbons (Fsp3) is 0.600. The van der Waals surface area contributed by atoms with Gasteiger partial charge in [0.05, 0.1) is 12.5 Å². The van der Waals surface area contributed by atoms with Gasteiger partial charge in [0.25, 0.3) is 0 Å². The molecule has 0 aromatic carbocycles. The van der Waals surface area contributed by atoms with E-state index in [0.29, 0.717) is 6.04 Å². The first kappa shape index (κ1) is 11.7. The molecule has 0 amide bonds. The van der Waals surface area contributed by atoms with E-state index in [1.165, 1.54) is 37.8 Å². The van der Waals surface area contributed by atoms with E-state index in [2.05, 4.69) is 28.0 Å². The topological polar surface area (TPSA) is 30.2 Å². The van der Waals surface area contributed by atoms with Crippen LogP contribution in [0.15, 0.2) is 24.1 Å². The van der Waals surface area contributed by atoms with E-state index in [4.69, 9.17) is 0 Å². The summed E-state index contributed by atoms with van der Waals surface area (Å²) in [6, 6.07) is 0.665. The average Bonchev–Trinajstić information content (AvgIpc) is 3.00. The maximum absolute atomic E-state index is 4.46. The molecule has 2 saturated carbocycles. The largest absolute Gasteiger partial charge is 0.331 e. The van der Waals surface area contributed by atoms with E-state index < -0.39 is 0 Å². The minimum absolute atomic E-state index is 0.665. The Morgan fingerprint density at radius 1 is 1.39 bits per heavy atom. The molecule has 2 fully saturated rings. The summed E-state index contributed by atoms with van der Waals surface area (Å²) in [5, 5.41) is 0. The Morgan fingerprint density at radius 3 is 2.78 bits per heavy atom. The standard InChI is InChI=1S/C15H21N3/c1-3-16-9-15-11(2)18(10-17-15)14-7-12-5-4-6-13(12)8-14/h3,9-10,12-14H,1,4-8H2,2H3/t12-,13?,14?/m1/s1. The Morgan fingerprint density at radius 2 is 2.11 bits per heavy atom. The van der Waals surface area contributed by atoms with Crippen LogP contribution in [0, 0.1) is 18.8 Å². The molecule has 1 heterocycles. The van der Waals surface area contributed by atoms with Crippen LogP contribution in [0.2, 0.25) is 0 Å². The van der Waals surface area contributed by atoms with Gasteiger partial charge >= 0.3 is 0 Å². The monoisotopic (exact) mass is 243 g/mol. The summed E-state index contributed by atoms with van der Waals surface area (Å²) in [6.45, 7) is 5.74. The molecule has 0 N–H and O–H groups in total. The first-order valence-electron chi connectivity index (χ1n) is 6.97. The molecule has 18 heavy (non-hydrogen) atoms. The summed E-state index contributed by atoms with van der Waals surface area (Å²) in [4.78, 5) is 8.52. The number of fused-ring (bicyclic) bond motifs is 1. The highest BCUT2D eigenvalue weighted by molar-refractivity contribution is 5.78. The summed E-state index contributed by atoms with van der Waals surface area (Å²) in [5.41, 5.74) is 2.22. The zero-order valence-corrected chi connectivity index (χ0v) is 11.0. The fourth-order valence-electron chi connectivity index (χ4n) is 3.81. The zero-order valence-electron chi connectivity index (χ0n) is 11.0. The molecule has 0 bridgehead atoms. The second kappa shape index (κ2) is 4.71. The van der Waals surface area contributed by atoms with Crippen molar-refractivity contribution in [2.45, 2.75) is 45.1 Å². The number of hydrogen-bond acceptors (Lipinski definition) is 2. The smallest absolute Gasteiger partial charge is 0.102 e. The quantitative estimate of drug-likeness (QED) is 0.747. The molecule has 1 aromatic heterocycles. The molecular weight excluding hydrogens is 222 g/mol. The molecule has 3 nitrogen and oxygen atoms in total. The lowest BCUT2D eigenvalue weighted by Gasteiger charge is -2.15. The van der Waals surface area contributed by atoms with Crippen LogP contribution in [0.5, 0.6) is 0 Å². The summed E-state index contributed by atoms with van der Waals surface area (Å²) in [6.07, 6.45) is 12.4. The van der Waals surface area contributed by atoms with Gasteiger partial charge in [-0.25, -0.2) is 4.98 Å². The SMILES string of the molecule is C=CN=Cc1ncn(C2CC3CCC[C@@H]3C2)c1C. The highest BCUT2D eigenvalue weighted by atomic mass is 15.1. The Balaban J connectivity index is 1.79. The van der Waals surface area contributed by atoms with Gasteiger partial charge in [0.15, 0.2) is 0 Å². The van der Waals surface area contributed by atoms with Crippen molar-refractivity contribution in [2.24, 2.45) is 16.8 Å². The normalized spacial score (nSPS) is 31.1. The number of rotatable bonds is 3. The number of hydrogen-bond donors (Lipinski definition) is 0. The molecule has 2 unspecified atom stereocenters. The van der Waals surface area contributed by atoms with Crippen molar-refractivity contribution in [3.05, 3.63) is 30.5 Å². The van der Waals surface area contributed by atoms with E-state index >= 15 is 0 Å². The van der Waals surface area contributed by atoms with Crippen molar-refractivity contribution in [3.63, 3.8) is 0 Å². The van der Waals surface area contributed by atoms with Gasteiger partial charge in [0.2, 0.25) is 0 Å². The van der Waals surface area contributed by atoms with Gasteiger partial charge in [-0.3, -0.25) is 4.99 Å². The lowest BCUT2D eigenvalue weighted by Crippen LogP contribution is -2.07. The Hall–Kier alpha value is -1.38. The Bertz CT molecular complexity index is 460. The second-order valence-electron chi connectivity index (χ2n) is 5.66. The summed E-state index contributed by atoms with van der Waals surface area (Å²) in [7, 11) is 0. The highest BCUT2D eigenvalue weighted by Crippen LogP contribution is 2.48. The maximum atomic E-state index is 4.46. The molecule has 0 aliphatic heterocycles. The van der Waals surface area contributed by atoms with Crippen LogP contribution < -0.4 is 0 Å². The van der Waals surface area contributed by atoms with Crippen molar-refractivity contribution < 1.29 is 0 Å². The molecule has 0 radical (unpaired) electrons. The number of imidazole rings is 1. The van der Waals surface area contributed by atoms with E-state index in [0.717, 1.165) is 17.5 Å². The first-order chi connectivity index (χ1) is 8.79. The van der Waals surface area contributed by atoms with Crippen molar-refractivity contribution in [3.8, 4) is 0 Å². The third-order valence-corrected chi connectivity index (χ3v) is 4.74. The molecule has 1 aromatic rings. The minimum Gasteiger partial charge on any atom is -0.331 e. The van der Waals surface area contributed by atoms with Crippen LogP contribution in [0.1, 0.15) is 49.5 Å². The molecule has 3 rings (SSSR count). The number of aromatic nitrogens is 2. The highest BCUT2D eigenvalue weighted by Gasteiger charge is 2.38. The van der Waals surface area contributed by atoms with E-state index in [-0.39, 0.29) is 0 Å². The van der Waals surface area contributed by atoms with Crippen molar-refractivity contribution in [1.82, 2.24) is 9.55 Å². The lowest BCUT2D eigenvalue weighted by molar-refractivity contribution is 0.457. The van der Waals surface area contributed by atoms with Crippen molar-refractivity contribution in [2.75, 3.05) is 0 Å². The van der Waals surface area contributed by atoms with Crippen LogP contribution in [0.4, 0.5) is 0 Å². The van der Waals surface area contributed by atoms with Gasteiger partial charge in [-0.15, -0.1) is 0 Å². The second-order valence-corrected chi connectivity index (χ2v) is 5.66. The molecular formula is C15H21N3. The summed E-state index contributed by atoms with van der Waals surface area (Å²) >= 11 is 0. The Kier molecular flexibility index (Phi) is 3.06. The fourth-order valence-corrected chi connectivity index (χ4v) is 3.81. The Labute approximate surface area is 109 Å². The van der Waals surface area contributed by atoms with Crippen LogP contribution in [0.3, 0.4) is 0 Å². The molecule has 96 valence electrons. The van der Waals surface area contributed by atoms with E-state index in [9.17, 15) is 0 Å². The predicted octanol–water partition coefficient (Wildman–Crippen LogP) is 3.51. The summed E-state index contributed by atoms with van der Waals surface area (Å²) in [5.74, 6) is 1.95. The molecule has 2 aliphatic rings. The van der Waals surface area contributed by atoms with Gasteiger partial charge in [-0.2, -0.15) is 0 Å². The van der Waals surface area contributed by atoms with Gasteiger partial charge < -0.3 is 4.57 Å². The van der Waals surface area contributed by atoms with Crippen LogP contribution in [0.25, 0.3) is 0 Å². The van der Waals surface area contributed by atoms with Gasteiger partial charge in [-0.1, -0.05) is 25.8 Å². The third-order valence-electron chi connectivity index (χ3n) is 4.74. The summed E-state index contributed by atoms with van der Waals surface area (Å²) < 4.78 is 2.36. The van der Waals surface area contributed by atoms with Gasteiger partial charge in [0.1, 0.15) is 5.69 Å². The van der Waals surface area contributed by atoms with E-state index in [1.54, 1.807) is 12.4 Å². The zero-order chi connectivity index (χ0) is 12.5. The predicted molar refractivity (Wildman–Crippen MR) is 73.9 cm³/mol. The first-order valence-corrected chi connectivity index (χ1v) is 6.97. The van der Waals surface area contributed by atoms with Crippen molar-refractivity contribution in [1.29, 1.82) is 0 Å². The van der Waals surface area contributed by atoms with Crippen LogP contribution in [-0.4, -0.2) is 15.8 Å². The number of nitrogens with zero attached hydrogens (tertiary/aromatic N) is 3.